The van der Waals surface area contributed by atoms with Crippen LogP contribution in [0.2, 0.25) is 0 Å². The molecule has 4 aromatic rings. The third-order valence-corrected chi connectivity index (χ3v) is 8.40. The molecule has 0 amide bonds. The minimum absolute atomic E-state index is 0.391. The topological polar surface area (TPSA) is 79.3 Å². The number of piperazine rings is 1. The quantitative estimate of drug-likeness (QED) is 0.488. The zero-order valence-corrected chi connectivity index (χ0v) is 17.7. The SMILES string of the molecule is O=S(=O)(c1cccs1)N1CCN(c2nc(-c3cccnc3)nc3ccccc23)CC1. The molecule has 1 aliphatic rings. The third-order valence-electron chi connectivity index (χ3n) is 5.13. The fraction of sp³-hybridized carbons (Fsp3) is 0.190. The van der Waals surface area contributed by atoms with Crippen molar-refractivity contribution in [1.82, 2.24) is 19.3 Å². The summed E-state index contributed by atoms with van der Waals surface area (Å²) in [6, 6.07) is 15.1. The molecule has 7 nitrogen and oxygen atoms in total. The van der Waals surface area contributed by atoms with Crippen LogP contribution in [0.1, 0.15) is 0 Å². The highest BCUT2D eigenvalue weighted by atomic mass is 32.2. The van der Waals surface area contributed by atoms with Gasteiger partial charge in [-0.2, -0.15) is 4.31 Å². The Labute approximate surface area is 178 Å². The molecule has 0 unspecified atom stereocenters. The summed E-state index contributed by atoms with van der Waals surface area (Å²) in [6.45, 7) is 1.97. The number of hydrogen-bond acceptors (Lipinski definition) is 7. The van der Waals surface area contributed by atoms with E-state index in [1.54, 1.807) is 34.2 Å². The smallest absolute Gasteiger partial charge is 0.252 e. The Morgan fingerprint density at radius 1 is 0.900 bits per heavy atom. The molecule has 0 aliphatic carbocycles. The van der Waals surface area contributed by atoms with Gasteiger partial charge in [-0.05, 0) is 35.7 Å². The lowest BCUT2D eigenvalue weighted by Gasteiger charge is -2.35. The molecule has 1 saturated heterocycles. The normalized spacial score (nSPS) is 15.5. The van der Waals surface area contributed by atoms with E-state index >= 15 is 0 Å². The number of benzene rings is 1. The molecule has 5 rings (SSSR count). The van der Waals surface area contributed by atoms with Crippen molar-refractivity contribution >= 4 is 38.1 Å². The van der Waals surface area contributed by atoms with E-state index in [2.05, 4.69) is 9.88 Å². The first-order valence-electron chi connectivity index (χ1n) is 9.59. The molecule has 1 fully saturated rings. The molecule has 4 heterocycles. The van der Waals surface area contributed by atoms with Gasteiger partial charge in [0, 0.05) is 49.5 Å². The van der Waals surface area contributed by atoms with Gasteiger partial charge in [-0.3, -0.25) is 4.98 Å². The largest absolute Gasteiger partial charge is 0.353 e. The summed E-state index contributed by atoms with van der Waals surface area (Å²) in [5.74, 6) is 1.44. The Morgan fingerprint density at radius 2 is 1.73 bits per heavy atom. The first-order valence-corrected chi connectivity index (χ1v) is 11.9. The number of pyridine rings is 1. The molecule has 1 aromatic carbocycles. The minimum Gasteiger partial charge on any atom is -0.353 e. The van der Waals surface area contributed by atoms with Crippen LogP contribution in [0.4, 0.5) is 5.82 Å². The van der Waals surface area contributed by atoms with Gasteiger partial charge in [-0.1, -0.05) is 18.2 Å². The number of fused-ring (bicyclic) bond motifs is 1. The number of hydrogen-bond donors (Lipinski definition) is 0. The van der Waals surface area contributed by atoms with Gasteiger partial charge in [0.05, 0.1) is 5.52 Å². The average molecular weight is 438 g/mol. The molecule has 0 saturated carbocycles. The van der Waals surface area contributed by atoms with E-state index in [9.17, 15) is 8.42 Å². The summed E-state index contributed by atoms with van der Waals surface area (Å²) in [6.07, 6.45) is 3.47. The van der Waals surface area contributed by atoms with E-state index in [0.717, 1.165) is 22.3 Å². The van der Waals surface area contributed by atoms with E-state index in [1.165, 1.54) is 11.3 Å². The van der Waals surface area contributed by atoms with Gasteiger partial charge in [0.2, 0.25) is 0 Å². The molecule has 0 bridgehead atoms. The minimum atomic E-state index is -3.43. The van der Waals surface area contributed by atoms with Gasteiger partial charge in [0.25, 0.3) is 10.0 Å². The predicted octanol–water partition coefficient (Wildman–Crippen LogP) is 3.26. The summed E-state index contributed by atoms with van der Waals surface area (Å²) in [7, 11) is -3.43. The first kappa shape index (κ1) is 19.1. The van der Waals surface area contributed by atoms with Crippen molar-refractivity contribution in [1.29, 1.82) is 0 Å². The van der Waals surface area contributed by atoms with Crippen LogP contribution in [0.5, 0.6) is 0 Å². The number of thiophene rings is 1. The van der Waals surface area contributed by atoms with Gasteiger partial charge < -0.3 is 4.90 Å². The van der Waals surface area contributed by atoms with Crippen molar-refractivity contribution in [2.45, 2.75) is 4.21 Å². The average Bonchev–Trinajstić information content (AvgIpc) is 3.35. The van der Waals surface area contributed by atoms with Gasteiger partial charge in [-0.15, -0.1) is 11.3 Å². The van der Waals surface area contributed by atoms with Gasteiger partial charge in [-0.25, -0.2) is 18.4 Å². The maximum Gasteiger partial charge on any atom is 0.252 e. The predicted molar refractivity (Wildman–Crippen MR) is 118 cm³/mol. The summed E-state index contributed by atoms with van der Waals surface area (Å²) in [5, 5.41) is 2.75. The molecule has 0 atom stereocenters. The number of para-hydroxylation sites is 1. The zero-order chi connectivity index (χ0) is 20.6. The Bertz CT molecular complexity index is 1270. The van der Waals surface area contributed by atoms with Crippen LogP contribution in [0.3, 0.4) is 0 Å². The number of anilines is 1. The Kier molecular flexibility index (Phi) is 4.93. The summed E-state index contributed by atoms with van der Waals surface area (Å²) in [4.78, 5) is 15.9. The highest BCUT2D eigenvalue weighted by Gasteiger charge is 2.30. The van der Waals surface area contributed by atoms with E-state index in [0.29, 0.717) is 36.2 Å². The Balaban J connectivity index is 1.47. The summed E-state index contributed by atoms with van der Waals surface area (Å²) in [5.41, 5.74) is 1.71. The van der Waals surface area contributed by atoms with E-state index in [1.807, 2.05) is 36.4 Å². The van der Waals surface area contributed by atoms with E-state index < -0.39 is 10.0 Å². The van der Waals surface area contributed by atoms with Crippen molar-refractivity contribution in [3.8, 4) is 11.4 Å². The number of nitrogens with zero attached hydrogens (tertiary/aromatic N) is 5. The molecule has 9 heteroatoms. The first-order chi connectivity index (χ1) is 14.6. The molecule has 0 spiro atoms. The molecular formula is C21H19N5O2S2. The van der Waals surface area contributed by atoms with E-state index in [-0.39, 0.29) is 0 Å². The lowest BCUT2D eigenvalue weighted by Crippen LogP contribution is -2.48. The van der Waals surface area contributed by atoms with Crippen molar-refractivity contribution in [2.24, 2.45) is 0 Å². The van der Waals surface area contributed by atoms with Crippen molar-refractivity contribution in [3.63, 3.8) is 0 Å². The second-order valence-electron chi connectivity index (χ2n) is 6.95. The van der Waals surface area contributed by atoms with Crippen molar-refractivity contribution in [2.75, 3.05) is 31.1 Å². The second-order valence-corrected chi connectivity index (χ2v) is 10.1. The van der Waals surface area contributed by atoms with Gasteiger partial charge in [0.1, 0.15) is 10.0 Å². The Morgan fingerprint density at radius 3 is 2.47 bits per heavy atom. The molecule has 1 aliphatic heterocycles. The Hall–Kier alpha value is -2.88. The van der Waals surface area contributed by atoms with Crippen molar-refractivity contribution in [3.05, 3.63) is 66.3 Å². The van der Waals surface area contributed by atoms with Crippen LogP contribution >= 0.6 is 11.3 Å². The second kappa shape index (κ2) is 7.75. The highest BCUT2D eigenvalue weighted by Crippen LogP contribution is 2.29. The summed E-state index contributed by atoms with van der Waals surface area (Å²) < 4.78 is 27.6. The number of aromatic nitrogens is 3. The van der Waals surface area contributed by atoms with Crippen LogP contribution in [0.25, 0.3) is 22.3 Å². The van der Waals surface area contributed by atoms with Crippen LogP contribution in [0, 0.1) is 0 Å². The van der Waals surface area contributed by atoms with Gasteiger partial charge in [0.15, 0.2) is 5.82 Å². The van der Waals surface area contributed by atoms with Crippen LogP contribution in [0.15, 0.2) is 70.5 Å². The molecule has 0 N–H and O–H groups in total. The fourth-order valence-electron chi connectivity index (χ4n) is 3.60. The molecular weight excluding hydrogens is 418 g/mol. The lowest BCUT2D eigenvalue weighted by atomic mass is 10.2. The lowest BCUT2D eigenvalue weighted by molar-refractivity contribution is 0.385. The van der Waals surface area contributed by atoms with E-state index in [4.69, 9.17) is 9.97 Å². The standard InChI is InChI=1S/C21H19N5O2S2/c27-30(28,19-8-4-14-29-19)26-12-10-25(11-13-26)21-17-6-1-2-7-18(17)23-20(24-21)16-5-3-9-22-15-16/h1-9,14-15H,10-13H2. The third kappa shape index (κ3) is 3.45. The molecule has 152 valence electrons. The maximum absolute atomic E-state index is 12.8. The molecule has 3 aromatic heterocycles. The maximum atomic E-state index is 12.8. The molecule has 0 radical (unpaired) electrons. The van der Waals surface area contributed by atoms with Crippen LogP contribution in [-0.2, 0) is 10.0 Å². The van der Waals surface area contributed by atoms with Crippen LogP contribution in [-0.4, -0.2) is 53.9 Å². The number of sulfonamides is 1. The summed E-state index contributed by atoms with van der Waals surface area (Å²) >= 11 is 1.25. The molecule has 30 heavy (non-hydrogen) atoms. The van der Waals surface area contributed by atoms with Crippen molar-refractivity contribution < 1.29 is 8.42 Å². The van der Waals surface area contributed by atoms with Gasteiger partial charge >= 0.3 is 0 Å². The van der Waals surface area contributed by atoms with Crippen LogP contribution < -0.4 is 4.90 Å². The highest BCUT2D eigenvalue weighted by molar-refractivity contribution is 7.91. The fourth-order valence-corrected chi connectivity index (χ4v) is 6.17. The number of rotatable bonds is 4. The monoisotopic (exact) mass is 437 g/mol. The zero-order valence-electron chi connectivity index (χ0n) is 16.0.